The van der Waals surface area contributed by atoms with Crippen molar-refractivity contribution in [2.24, 2.45) is 11.8 Å². The van der Waals surface area contributed by atoms with Crippen molar-refractivity contribution < 1.29 is 14.3 Å². The number of carbonyl (C=O) groups excluding carboxylic acids is 2. The van der Waals surface area contributed by atoms with Gasteiger partial charge in [0.05, 0.1) is 5.69 Å². The second-order valence-electron chi connectivity index (χ2n) is 8.43. The molecule has 2 aromatic carbocycles. The predicted octanol–water partition coefficient (Wildman–Crippen LogP) is 5.05. The van der Waals surface area contributed by atoms with Crippen LogP contribution in [0.3, 0.4) is 0 Å². The van der Waals surface area contributed by atoms with Crippen LogP contribution in [0.2, 0.25) is 5.02 Å². The fraction of sp³-hybridized carbons (Fsp3) is 0.360. The van der Waals surface area contributed by atoms with Gasteiger partial charge in [-0.25, -0.2) is 0 Å². The number of para-hydroxylation sites is 2. The van der Waals surface area contributed by atoms with Crippen molar-refractivity contribution >= 4 is 35.2 Å². The Kier molecular flexibility index (Phi) is 6.33. The van der Waals surface area contributed by atoms with Gasteiger partial charge in [0.25, 0.3) is 5.91 Å². The first-order valence-corrected chi connectivity index (χ1v) is 11.2. The number of nitrogens with zero attached hydrogens (tertiary/aromatic N) is 1. The number of benzene rings is 2. The third-order valence-corrected chi connectivity index (χ3v) is 6.72. The standard InChI is InChI=1S/C25H27ClN2O3/c1-16-8-7-11-20(17(16)2)27-24(29)15-28-21-12-5-6-13-22(21)31-23(25(28)30)14-18-9-3-4-10-19(18)26/h3-6,9-10,12-14,16-17,20H,7-8,11,15H2,1-2H3,(H,27,29)/b23-14+/t16-,17-,20+/m1/s1. The highest BCUT2D eigenvalue weighted by Crippen LogP contribution is 2.36. The molecule has 1 heterocycles. The number of nitrogens with one attached hydrogen (secondary N) is 1. The zero-order chi connectivity index (χ0) is 22.0. The lowest BCUT2D eigenvalue weighted by Crippen LogP contribution is -2.49. The molecule has 0 spiro atoms. The van der Waals surface area contributed by atoms with Crippen molar-refractivity contribution in [2.45, 2.75) is 39.2 Å². The van der Waals surface area contributed by atoms with Gasteiger partial charge >= 0.3 is 0 Å². The molecular formula is C25H27ClN2O3. The van der Waals surface area contributed by atoms with Crippen LogP contribution in [0.15, 0.2) is 54.3 Å². The minimum absolute atomic E-state index is 0.0589. The molecule has 3 atom stereocenters. The second kappa shape index (κ2) is 9.15. The molecule has 1 aliphatic carbocycles. The fourth-order valence-electron chi connectivity index (χ4n) is 4.33. The van der Waals surface area contributed by atoms with E-state index in [-0.39, 0.29) is 30.2 Å². The Labute approximate surface area is 188 Å². The molecule has 4 rings (SSSR count). The van der Waals surface area contributed by atoms with Crippen LogP contribution < -0.4 is 15.0 Å². The lowest BCUT2D eigenvalue weighted by atomic mass is 9.78. The van der Waals surface area contributed by atoms with Crippen LogP contribution in [0.1, 0.15) is 38.7 Å². The fourth-order valence-corrected chi connectivity index (χ4v) is 4.52. The molecule has 5 nitrogen and oxygen atoms in total. The SMILES string of the molecule is C[C@@H]1[C@H](C)CCC[C@@H]1NC(=O)CN1C(=O)/C(=C\c2ccccc2Cl)Oc2ccccc21. The van der Waals surface area contributed by atoms with Crippen molar-refractivity contribution in [3.05, 3.63) is 64.9 Å². The van der Waals surface area contributed by atoms with E-state index in [0.717, 1.165) is 12.8 Å². The van der Waals surface area contributed by atoms with Gasteiger partial charge in [-0.3, -0.25) is 14.5 Å². The highest BCUT2D eigenvalue weighted by molar-refractivity contribution is 6.32. The van der Waals surface area contributed by atoms with Crippen LogP contribution in [0.25, 0.3) is 6.08 Å². The molecule has 2 amide bonds. The Hall–Kier alpha value is -2.79. The van der Waals surface area contributed by atoms with E-state index in [1.165, 1.54) is 11.3 Å². The normalized spacial score (nSPS) is 24.5. The maximum Gasteiger partial charge on any atom is 0.294 e. The van der Waals surface area contributed by atoms with Crippen molar-refractivity contribution in [3.8, 4) is 5.75 Å². The van der Waals surface area contributed by atoms with Gasteiger partial charge in [0.15, 0.2) is 11.5 Å². The number of carbonyl (C=O) groups is 2. The van der Waals surface area contributed by atoms with E-state index in [0.29, 0.717) is 33.9 Å². The van der Waals surface area contributed by atoms with Crippen molar-refractivity contribution in [2.75, 3.05) is 11.4 Å². The quantitative estimate of drug-likeness (QED) is 0.679. The minimum Gasteiger partial charge on any atom is -0.449 e. The first-order valence-electron chi connectivity index (χ1n) is 10.8. The number of halogens is 1. The number of amides is 2. The Morgan fingerprint density at radius 1 is 1.16 bits per heavy atom. The maximum atomic E-state index is 13.3. The molecule has 0 bridgehead atoms. The summed E-state index contributed by atoms with van der Waals surface area (Å²) in [6, 6.07) is 14.6. The molecule has 162 valence electrons. The highest BCUT2D eigenvalue weighted by atomic mass is 35.5. The molecule has 0 aromatic heterocycles. The second-order valence-corrected chi connectivity index (χ2v) is 8.84. The van der Waals surface area contributed by atoms with E-state index in [9.17, 15) is 9.59 Å². The van der Waals surface area contributed by atoms with E-state index in [1.807, 2.05) is 30.3 Å². The van der Waals surface area contributed by atoms with Crippen LogP contribution in [0.4, 0.5) is 5.69 Å². The number of hydrogen-bond donors (Lipinski definition) is 1. The summed E-state index contributed by atoms with van der Waals surface area (Å²) >= 11 is 6.26. The average Bonchev–Trinajstić information content (AvgIpc) is 2.76. The number of hydrogen-bond acceptors (Lipinski definition) is 3. The first-order chi connectivity index (χ1) is 14.9. The van der Waals surface area contributed by atoms with E-state index in [1.54, 1.807) is 24.3 Å². The molecule has 2 aromatic rings. The van der Waals surface area contributed by atoms with Gasteiger partial charge in [-0.1, -0.05) is 68.6 Å². The van der Waals surface area contributed by atoms with Crippen molar-refractivity contribution in [1.82, 2.24) is 5.32 Å². The van der Waals surface area contributed by atoms with Gasteiger partial charge in [-0.05, 0) is 48.1 Å². The predicted molar refractivity (Wildman–Crippen MR) is 123 cm³/mol. The summed E-state index contributed by atoms with van der Waals surface area (Å²) in [5.41, 5.74) is 1.27. The molecule has 2 aliphatic rings. The van der Waals surface area contributed by atoms with Gasteiger partial charge in [0, 0.05) is 11.1 Å². The third-order valence-electron chi connectivity index (χ3n) is 6.38. The zero-order valence-corrected chi connectivity index (χ0v) is 18.6. The molecule has 31 heavy (non-hydrogen) atoms. The van der Waals surface area contributed by atoms with E-state index < -0.39 is 0 Å². The molecule has 1 saturated carbocycles. The Balaban J connectivity index is 1.58. The largest absolute Gasteiger partial charge is 0.449 e. The van der Waals surface area contributed by atoms with E-state index >= 15 is 0 Å². The lowest BCUT2D eigenvalue weighted by Gasteiger charge is -2.35. The van der Waals surface area contributed by atoms with Crippen molar-refractivity contribution in [3.63, 3.8) is 0 Å². The molecule has 0 radical (unpaired) electrons. The van der Waals surface area contributed by atoms with Crippen molar-refractivity contribution in [1.29, 1.82) is 0 Å². The monoisotopic (exact) mass is 438 g/mol. The van der Waals surface area contributed by atoms with Gasteiger partial charge < -0.3 is 10.1 Å². The minimum atomic E-state index is -0.362. The molecule has 0 unspecified atom stereocenters. The molecule has 1 N–H and O–H groups in total. The summed E-state index contributed by atoms with van der Waals surface area (Å²) in [6.07, 6.45) is 4.90. The van der Waals surface area contributed by atoms with Gasteiger partial charge in [-0.15, -0.1) is 0 Å². The highest BCUT2D eigenvalue weighted by Gasteiger charge is 2.33. The molecule has 1 fully saturated rings. The van der Waals surface area contributed by atoms with Gasteiger partial charge in [-0.2, -0.15) is 0 Å². The van der Waals surface area contributed by atoms with Crippen LogP contribution in [0, 0.1) is 11.8 Å². The lowest BCUT2D eigenvalue weighted by molar-refractivity contribution is -0.124. The van der Waals surface area contributed by atoms with E-state index in [4.69, 9.17) is 16.3 Å². The smallest absolute Gasteiger partial charge is 0.294 e. The molecule has 0 saturated heterocycles. The third kappa shape index (κ3) is 4.62. The van der Waals surface area contributed by atoms with Crippen LogP contribution in [0.5, 0.6) is 5.75 Å². The van der Waals surface area contributed by atoms with Gasteiger partial charge in [0.1, 0.15) is 6.54 Å². The number of rotatable bonds is 4. The molecule has 6 heteroatoms. The topological polar surface area (TPSA) is 58.6 Å². The summed E-state index contributed by atoms with van der Waals surface area (Å²) in [5.74, 6) is 1.15. The van der Waals surface area contributed by atoms with Crippen LogP contribution in [-0.4, -0.2) is 24.4 Å². The Morgan fingerprint density at radius 3 is 2.71 bits per heavy atom. The summed E-state index contributed by atoms with van der Waals surface area (Å²) in [6.45, 7) is 4.36. The molecular weight excluding hydrogens is 412 g/mol. The number of fused-ring (bicyclic) bond motifs is 1. The average molecular weight is 439 g/mol. The summed E-state index contributed by atoms with van der Waals surface area (Å²) in [7, 11) is 0. The number of ether oxygens (including phenoxy) is 1. The Bertz CT molecular complexity index is 1020. The van der Waals surface area contributed by atoms with Gasteiger partial charge in [0.2, 0.25) is 5.91 Å². The molecule has 1 aliphatic heterocycles. The van der Waals surface area contributed by atoms with Crippen LogP contribution >= 0.6 is 11.6 Å². The zero-order valence-electron chi connectivity index (χ0n) is 17.8. The summed E-state index contributed by atoms with van der Waals surface area (Å²) < 4.78 is 5.88. The van der Waals surface area contributed by atoms with Crippen LogP contribution in [-0.2, 0) is 9.59 Å². The maximum absolute atomic E-state index is 13.3. The summed E-state index contributed by atoms with van der Waals surface area (Å²) in [5, 5.41) is 3.68. The number of anilines is 1. The summed E-state index contributed by atoms with van der Waals surface area (Å²) in [4.78, 5) is 27.7. The van der Waals surface area contributed by atoms with E-state index in [2.05, 4.69) is 19.2 Å². The first kappa shape index (κ1) is 21.4. The Morgan fingerprint density at radius 2 is 1.90 bits per heavy atom.